The standard InChI is InChI=1S/C16H18N2O3/c1-2-21-11-13-5-3-12(4-6-13)9-18-16(20)14-7-8-15(19)17-10-14/h3-8,10H,2,9,11H2,1H3,(H,17,19)(H,18,20). The second-order valence-electron chi connectivity index (χ2n) is 4.58. The third kappa shape index (κ3) is 4.57. The van der Waals surface area contributed by atoms with Gasteiger partial charge in [-0.1, -0.05) is 24.3 Å². The van der Waals surface area contributed by atoms with Crippen molar-refractivity contribution >= 4 is 5.91 Å². The van der Waals surface area contributed by atoms with E-state index in [9.17, 15) is 9.59 Å². The topological polar surface area (TPSA) is 71.2 Å². The molecule has 1 heterocycles. The van der Waals surface area contributed by atoms with Crippen molar-refractivity contribution in [3.05, 3.63) is 69.6 Å². The number of ether oxygens (including phenoxy) is 1. The molecule has 2 rings (SSSR count). The number of pyridine rings is 1. The van der Waals surface area contributed by atoms with E-state index in [1.807, 2.05) is 31.2 Å². The van der Waals surface area contributed by atoms with Crippen molar-refractivity contribution in [2.75, 3.05) is 6.61 Å². The van der Waals surface area contributed by atoms with Gasteiger partial charge in [-0.15, -0.1) is 0 Å². The van der Waals surface area contributed by atoms with Crippen molar-refractivity contribution in [1.29, 1.82) is 0 Å². The molecular formula is C16H18N2O3. The maximum absolute atomic E-state index is 11.9. The summed E-state index contributed by atoms with van der Waals surface area (Å²) in [5.41, 5.74) is 2.32. The Bertz CT molecular complexity index is 627. The molecule has 0 bridgehead atoms. The Balaban J connectivity index is 1.89. The summed E-state index contributed by atoms with van der Waals surface area (Å²) in [7, 11) is 0. The predicted molar refractivity (Wildman–Crippen MR) is 80.0 cm³/mol. The minimum Gasteiger partial charge on any atom is -0.377 e. The maximum Gasteiger partial charge on any atom is 0.253 e. The van der Waals surface area contributed by atoms with Crippen LogP contribution in [-0.2, 0) is 17.9 Å². The Labute approximate surface area is 123 Å². The van der Waals surface area contributed by atoms with Crippen molar-refractivity contribution < 1.29 is 9.53 Å². The SMILES string of the molecule is CCOCc1ccc(CNC(=O)c2ccc(=O)[nH]c2)cc1. The van der Waals surface area contributed by atoms with Crippen LogP contribution in [0.25, 0.3) is 0 Å². The molecule has 5 heteroatoms. The molecule has 0 atom stereocenters. The number of aromatic amines is 1. The summed E-state index contributed by atoms with van der Waals surface area (Å²) in [6.45, 7) is 3.69. The summed E-state index contributed by atoms with van der Waals surface area (Å²) < 4.78 is 5.33. The monoisotopic (exact) mass is 286 g/mol. The van der Waals surface area contributed by atoms with Gasteiger partial charge < -0.3 is 15.0 Å². The van der Waals surface area contributed by atoms with Crippen molar-refractivity contribution in [1.82, 2.24) is 10.3 Å². The summed E-state index contributed by atoms with van der Waals surface area (Å²) in [6, 6.07) is 10.7. The Morgan fingerprint density at radius 1 is 1.14 bits per heavy atom. The van der Waals surface area contributed by atoms with Gasteiger partial charge in [-0.2, -0.15) is 0 Å². The quantitative estimate of drug-likeness (QED) is 0.851. The first kappa shape index (κ1) is 15.0. The summed E-state index contributed by atoms with van der Waals surface area (Å²) >= 11 is 0. The van der Waals surface area contributed by atoms with E-state index < -0.39 is 0 Å². The van der Waals surface area contributed by atoms with Gasteiger partial charge in [-0.25, -0.2) is 0 Å². The Morgan fingerprint density at radius 3 is 2.48 bits per heavy atom. The number of nitrogens with one attached hydrogen (secondary N) is 2. The van der Waals surface area contributed by atoms with Gasteiger partial charge in [0.2, 0.25) is 5.56 Å². The number of H-pyrrole nitrogens is 1. The molecule has 0 aliphatic heterocycles. The van der Waals surface area contributed by atoms with E-state index >= 15 is 0 Å². The van der Waals surface area contributed by atoms with Crippen LogP contribution in [0.2, 0.25) is 0 Å². The average Bonchev–Trinajstić information content (AvgIpc) is 2.52. The highest BCUT2D eigenvalue weighted by Gasteiger charge is 2.04. The number of carbonyl (C=O) groups excluding carboxylic acids is 1. The lowest BCUT2D eigenvalue weighted by Crippen LogP contribution is -2.23. The molecule has 1 aromatic carbocycles. The molecular weight excluding hydrogens is 268 g/mol. The number of hydrogen-bond acceptors (Lipinski definition) is 3. The molecule has 0 unspecified atom stereocenters. The third-order valence-electron chi connectivity index (χ3n) is 3.00. The van der Waals surface area contributed by atoms with E-state index in [1.54, 1.807) is 0 Å². The van der Waals surface area contributed by atoms with Gasteiger partial charge in [0.1, 0.15) is 0 Å². The highest BCUT2D eigenvalue weighted by molar-refractivity contribution is 5.93. The van der Waals surface area contributed by atoms with Crippen LogP contribution >= 0.6 is 0 Å². The fourth-order valence-corrected chi connectivity index (χ4v) is 1.81. The second-order valence-corrected chi connectivity index (χ2v) is 4.58. The van der Waals surface area contributed by atoms with E-state index in [2.05, 4.69) is 10.3 Å². The van der Waals surface area contributed by atoms with E-state index in [-0.39, 0.29) is 11.5 Å². The summed E-state index contributed by atoms with van der Waals surface area (Å²) in [6.07, 6.45) is 1.41. The number of rotatable bonds is 6. The lowest BCUT2D eigenvalue weighted by atomic mass is 10.1. The number of carbonyl (C=O) groups is 1. The van der Waals surface area contributed by atoms with Crippen LogP contribution in [-0.4, -0.2) is 17.5 Å². The highest BCUT2D eigenvalue weighted by Crippen LogP contribution is 2.06. The number of hydrogen-bond donors (Lipinski definition) is 2. The fraction of sp³-hybridized carbons (Fsp3) is 0.250. The fourth-order valence-electron chi connectivity index (χ4n) is 1.81. The molecule has 2 aromatic rings. The van der Waals surface area contributed by atoms with E-state index in [0.717, 1.165) is 11.1 Å². The third-order valence-corrected chi connectivity index (χ3v) is 3.00. The average molecular weight is 286 g/mol. The molecule has 5 nitrogen and oxygen atoms in total. The Kier molecular flexibility index (Phi) is 5.29. The molecule has 0 radical (unpaired) electrons. The summed E-state index contributed by atoms with van der Waals surface area (Å²) in [5, 5.41) is 2.81. The largest absolute Gasteiger partial charge is 0.377 e. The van der Waals surface area contributed by atoms with E-state index in [4.69, 9.17) is 4.74 Å². The minimum absolute atomic E-state index is 0.218. The molecule has 2 N–H and O–H groups in total. The molecule has 21 heavy (non-hydrogen) atoms. The van der Waals surface area contributed by atoms with Gasteiger partial charge in [-0.3, -0.25) is 9.59 Å². The zero-order chi connectivity index (χ0) is 15.1. The number of aromatic nitrogens is 1. The van der Waals surface area contributed by atoms with Crippen LogP contribution in [0, 0.1) is 0 Å². The lowest BCUT2D eigenvalue weighted by molar-refractivity contribution is 0.0950. The Morgan fingerprint density at radius 2 is 1.86 bits per heavy atom. The first-order chi connectivity index (χ1) is 10.2. The first-order valence-corrected chi connectivity index (χ1v) is 6.81. The minimum atomic E-state index is -0.226. The normalized spacial score (nSPS) is 10.3. The number of benzene rings is 1. The van der Waals surface area contributed by atoms with Crippen molar-refractivity contribution in [2.45, 2.75) is 20.1 Å². The van der Waals surface area contributed by atoms with E-state index in [1.165, 1.54) is 18.3 Å². The summed E-state index contributed by atoms with van der Waals surface area (Å²) in [4.78, 5) is 25.3. The van der Waals surface area contributed by atoms with Gasteiger partial charge >= 0.3 is 0 Å². The van der Waals surface area contributed by atoms with Gasteiger partial charge in [-0.05, 0) is 24.1 Å². The van der Waals surface area contributed by atoms with Crippen molar-refractivity contribution in [2.24, 2.45) is 0 Å². The zero-order valence-corrected chi connectivity index (χ0v) is 11.9. The molecule has 0 fully saturated rings. The maximum atomic E-state index is 11.9. The smallest absolute Gasteiger partial charge is 0.253 e. The van der Waals surface area contributed by atoms with Gasteiger partial charge in [0.15, 0.2) is 0 Å². The van der Waals surface area contributed by atoms with Crippen LogP contribution in [0.5, 0.6) is 0 Å². The highest BCUT2D eigenvalue weighted by atomic mass is 16.5. The van der Waals surface area contributed by atoms with Gasteiger partial charge in [0.05, 0.1) is 12.2 Å². The van der Waals surface area contributed by atoms with Crippen LogP contribution in [0.15, 0.2) is 47.4 Å². The van der Waals surface area contributed by atoms with Crippen LogP contribution < -0.4 is 10.9 Å². The Hall–Kier alpha value is -2.40. The van der Waals surface area contributed by atoms with Crippen LogP contribution in [0.1, 0.15) is 28.4 Å². The molecule has 0 saturated carbocycles. The molecule has 0 spiro atoms. The molecule has 1 aromatic heterocycles. The first-order valence-electron chi connectivity index (χ1n) is 6.81. The molecule has 0 aliphatic rings. The predicted octanol–water partition coefficient (Wildman–Crippen LogP) is 1.84. The van der Waals surface area contributed by atoms with Crippen LogP contribution in [0.4, 0.5) is 0 Å². The van der Waals surface area contributed by atoms with Crippen molar-refractivity contribution in [3.63, 3.8) is 0 Å². The summed E-state index contributed by atoms with van der Waals surface area (Å²) in [5.74, 6) is -0.218. The molecule has 0 saturated heterocycles. The van der Waals surface area contributed by atoms with Crippen molar-refractivity contribution in [3.8, 4) is 0 Å². The lowest BCUT2D eigenvalue weighted by Gasteiger charge is -2.06. The molecule has 0 aliphatic carbocycles. The molecule has 110 valence electrons. The second kappa shape index (κ2) is 7.40. The van der Waals surface area contributed by atoms with Crippen LogP contribution in [0.3, 0.4) is 0 Å². The van der Waals surface area contributed by atoms with E-state index in [0.29, 0.717) is 25.3 Å². The van der Waals surface area contributed by atoms with Gasteiger partial charge in [0, 0.05) is 25.4 Å². The number of amides is 1. The van der Waals surface area contributed by atoms with Gasteiger partial charge in [0.25, 0.3) is 5.91 Å². The zero-order valence-electron chi connectivity index (χ0n) is 11.9. The molecule has 1 amide bonds.